The Morgan fingerprint density at radius 2 is 2.00 bits per heavy atom. The lowest BCUT2D eigenvalue weighted by molar-refractivity contribution is -0.142. The van der Waals surface area contributed by atoms with E-state index in [0.29, 0.717) is 0 Å². The molecule has 1 unspecified atom stereocenters. The van der Waals surface area contributed by atoms with Gasteiger partial charge in [-0.3, -0.25) is 4.79 Å². The second kappa shape index (κ2) is 5.35. The quantitative estimate of drug-likeness (QED) is 0.841. The molecule has 1 fully saturated rings. The monoisotopic (exact) mass is 296 g/mol. The lowest BCUT2D eigenvalue weighted by Gasteiger charge is -2.18. The lowest BCUT2D eigenvalue weighted by Crippen LogP contribution is -2.50. The van der Waals surface area contributed by atoms with E-state index >= 15 is 0 Å². The third-order valence-corrected chi connectivity index (χ3v) is 4.80. The van der Waals surface area contributed by atoms with E-state index in [2.05, 4.69) is 0 Å². The molecule has 3 N–H and O–H groups in total. The molecule has 6 nitrogen and oxygen atoms in total. The van der Waals surface area contributed by atoms with Crippen LogP contribution < -0.4 is 5.73 Å². The first-order valence-electron chi connectivity index (χ1n) is 6.09. The molecule has 0 radical (unpaired) electrons. The number of carboxylic acids is 1. The van der Waals surface area contributed by atoms with Gasteiger partial charge in [0, 0.05) is 18.5 Å². The minimum Gasteiger partial charge on any atom is -0.480 e. The van der Waals surface area contributed by atoms with Crippen molar-refractivity contribution in [3.05, 3.63) is 41.3 Å². The average Bonchev–Trinajstić information content (AvgIpc) is 2.83. The van der Waals surface area contributed by atoms with Gasteiger partial charge in [-0.05, 0) is 18.1 Å². The minimum atomic E-state index is -3.65. The predicted molar refractivity (Wildman–Crippen MR) is 75.1 cm³/mol. The molecule has 1 aromatic rings. The second-order valence-electron chi connectivity index (χ2n) is 4.80. The molecule has 0 aliphatic carbocycles. The fourth-order valence-corrected chi connectivity index (χ4v) is 3.26. The molecular weight excluding hydrogens is 280 g/mol. The van der Waals surface area contributed by atoms with E-state index in [4.69, 9.17) is 10.8 Å². The van der Waals surface area contributed by atoms with Crippen molar-refractivity contribution in [2.24, 2.45) is 5.73 Å². The van der Waals surface area contributed by atoms with Gasteiger partial charge in [-0.1, -0.05) is 30.3 Å². The summed E-state index contributed by atoms with van der Waals surface area (Å²) in [4.78, 5) is 11.0. The van der Waals surface area contributed by atoms with E-state index < -0.39 is 21.5 Å². The molecular formula is C13H16N2O4S. The van der Waals surface area contributed by atoms with Gasteiger partial charge in [0.05, 0.1) is 0 Å². The number of rotatable bonds is 4. The molecule has 1 heterocycles. The Bertz CT molecular complexity index is 627. The maximum Gasteiger partial charge on any atom is 0.325 e. The van der Waals surface area contributed by atoms with Crippen LogP contribution in [0.1, 0.15) is 12.0 Å². The summed E-state index contributed by atoms with van der Waals surface area (Å²) in [5.41, 5.74) is 4.93. The van der Waals surface area contributed by atoms with Crippen LogP contribution >= 0.6 is 0 Å². The zero-order valence-electron chi connectivity index (χ0n) is 10.8. The SMILES string of the molecule is NC1(C(=O)O)CCN(S(=O)(=O)/C=C/c2ccccc2)C1. The molecule has 1 aliphatic rings. The van der Waals surface area contributed by atoms with Gasteiger partial charge in [0.15, 0.2) is 0 Å². The smallest absolute Gasteiger partial charge is 0.325 e. The zero-order chi connectivity index (χ0) is 14.8. The summed E-state index contributed by atoms with van der Waals surface area (Å²) in [6.45, 7) is -0.0892. The Morgan fingerprint density at radius 3 is 2.55 bits per heavy atom. The number of aliphatic carboxylic acids is 1. The Morgan fingerprint density at radius 1 is 1.35 bits per heavy atom. The van der Waals surface area contributed by atoms with Gasteiger partial charge in [0.2, 0.25) is 10.0 Å². The van der Waals surface area contributed by atoms with Gasteiger partial charge in [-0.25, -0.2) is 8.42 Å². The van der Waals surface area contributed by atoms with Crippen molar-refractivity contribution in [3.63, 3.8) is 0 Å². The molecule has 0 bridgehead atoms. The Labute approximate surface area is 117 Å². The summed E-state index contributed by atoms with van der Waals surface area (Å²) in [6.07, 6.45) is 1.59. The molecule has 0 aromatic heterocycles. The summed E-state index contributed by atoms with van der Waals surface area (Å²) in [7, 11) is -3.65. The van der Waals surface area contributed by atoms with E-state index in [-0.39, 0.29) is 19.5 Å². The van der Waals surface area contributed by atoms with E-state index in [1.807, 2.05) is 6.07 Å². The van der Waals surface area contributed by atoms with Crippen LogP contribution in [0.4, 0.5) is 0 Å². The van der Waals surface area contributed by atoms with Crippen LogP contribution in [0.2, 0.25) is 0 Å². The fourth-order valence-electron chi connectivity index (χ4n) is 2.00. The Kier molecular flexibility index (Phi) is 3.94. The van der Waals surface area contributed by atoms with Crippen molar-refractivity contribution in [1.82, 2.24) is 4.31 Å². The Balaban J connectivity index is 2.13. The summed E-state index contributed by atoms with van der Waals surface area (Å²) < 4.78 is 25.3. The topological polar surface area (TPSA) is 101 Å². The van der Waals surface area contributed by atoms with Crippen molar-refractivity contribution >= 4 is 22.1 Å². The van der Waals surface area contributed by atoms with Crippen LogP contribution in [0.25, 0.3) is 6.08 Å². The molecule has 1 saturated heterocycles. The average molecular weight is 296 g/mol. The molecule has 0 saturated carbocycles. The standard InChI is InChI=1S/C13H16N2O4S/c14-13(12(16)17)7-8-15(10-13)20(18,19)9-6-11-4-2-1-3-5-11/h1-6,9H,7-8,10,14H2,(H,16,17)/b9-6+. The maximum atomic E-state index is 12.1. The molecule has 0 amide bonds. The summed E-state index contributed by atoms with van der Waals surface area (Å²) in [5.74, 6) is -1.18. The molecule has 108 valence electrons. The Hall–Kier alpha value is -1.70. The molecule has 1 aliphatic heterocycles. The second-order valence-corrected chi connectivity index (χ2v) is 6.62. The predicted octanol–water partition coefficient (Wildman–Crippen LogP) is 0.475. The van der Waals surface area contributed by atoms with Gasteiger partial charge in [0.25, 0.3) is 0 Å². The minimum absolute atomic E-state index is 0.112. The van der Waals surface area contributed by atoms with E-state index in [9.17, 15) is 13.2 Å². The van der Waals surface area contributed by atoms with Crippen LogP contribution in [0.3, 0.4) is 0 Å². The number of benzene rings is 1. The first kappa shape index (κ1) is 14.7. The van der Waals surface area contributed by atoms with Crippen LogP contribution in [-0.4, -0.2) is 42.4 Å². The number of carbonyl (C=O) groups is 1. The van der Waals surface area contributed by atoms with E-state index in [1.165, 1.54) is 6.08 Å². The number of carboxylic acid groups (broad SMARTS) is 1. The maximum absolute atomic E-state index is 12.1. The van der Waals surface area contributed by atoms with Crippen LogP contribution in [0.5, 0.6) is 0 Å². The largest absolute Gasteiger partial charge is 0.480 e. The third kappa shape index (κ3) is 3.06. The highest BCUT2D eigenvalue weighted by molar-refractivity contribution is 7.92. The van der Waals surface area contributed by atoms with Crippen LogP contribution in [-0.2, 0) is 14.8 Å². The van der Waals surface area contributed by atoms with Crippen LogP contribution in [0, 0.1) is 0 Å². The normalized spacial score (nSPS) is 24.2. The number of nitrogens with two attached hydrogens (primary N) is 1. The first-order valence-corrected chi connectivity index (χ1v) is 7.59. The van der Waals surface area contributed by atoms with Gasteiger partial charge in [-0.2, -0.15) is 4.31 Å². The van der Waals surface area contributed by atoms with Crippen molar-refractivity contribution in [1.29, 1.82) is 0 Å². The zero-order valence-corrected chi connectivity index (χ0v) is 11.6. The number of hydrogen-bond donors (Lipinski definition) is 2. The highest BCUT2D eigenvalue weighted by Gasteiger charge is 2.44. The molecule has 20 heavy (non-hydrogen) atoms. The van der Waals surface area contributed by atoms with Gasteiger partial charge in [0.1, 0.15) is 5.54 Å². The van der Waals surface area contributed by atoms with Crippen molar-refractivity contribution in [2.45, 2.75) is 12.0 Å². The fraction of sp³-hybridized carbons (Fsp3) is 0.308. The number of hydrogen-bond acceptors (Lipinski definition) is 4. The van der Waals surface area contributed by atoms with Gasteiger partial charge < -0.3 is 10.8 Å². The van der Waals surface area contributed by atoms with Gasteiger partial charge in [-0.15, -0.1) is 0 Å². The highest BCUT2D eigenvalue weighted by Crippen LogP contribution is 2.22. The van der Waals surface area contributed by atoms with Gasteiger partial charge >= 0.3 is 5.97 Å². The van der Waals surface area contributed by atoms with E-state index in [1.54, 1.807) is 24.3 Å². The van der Waals surface area contributed by atoms with Crippen molar-refractivity contribution in [3.8, 4) is 0 Å². The molecule has 2 rings (SSSR count). The van der Waals surface area contributed by atoms with E-state index in [0.717, 1.165) is 15.3 Å². The summed E-state index contributed by atoms with van der Waals surface area (Å²) in [6, 6.07) is 9.00. The number of nitrogens with zero attached hydrogens (tertiary/aromatic N) is 1. The first-order chi connectivity index (χ1) is 9.33. The highest BCUT2D eigenvalue weighted by atomic mass is 32.2. The lowest BCUT2D eigenvalue weighted by atomic mass is 10.0. The third-order valence-electron chi connectivity index (χ3n) is 3.28. The number of sulfonamides is 1. The van der Waals surface area contributed by atoms with Crippen molar-refractivity contribution in [2.75, 3.05) is 13.1 Å². The summed E-state index contributed by atoms with van der Waals surface area (Å²) in [5, 5.41) is 10.1. The molecule has 1 atom stereocenters. The molecule has 7 heteroatoms. The molecule has 1 aromatic carbocycles. The summed E-state index contributed by atoms with van der Waals surface area (Å²) >= 11 is 0. The van der Waals surface area contributed by atoms with Crippen LogP contribution in [0.15, 0.2) is 35.7 Å². The molecule has 0 spiro atoms. The van der Waals surface area contributed by atoms with Crippen molar-refractivity contribution < 1.29 is 18.3 Å².